The third-order valence-electron chi connectivity index (χ3n) is 13.2. The van der Waals surface area contributed by atoms with E-state index >= 15 is 0 Å². The van der Waals surface area contributed by atoms with Crippen LogP contribution in [0.2, 0.25) is 0 Å². The number of nitrogens with zero attached hydrogens (tertiary/aromatic N) is 1. The van der Waals surface area contributed by atoms with Crippen LogP contribution >= 0.6 is 0 Å². The molecule has 0 saturated carbocycles. The molecular weight excluding hydrogens is 937 g/mol. The van der Waals surface area contributed by atoms with E-state index in [-0.39, 0.29) is 34.6 Å². The van der Waals surface area contributed by atoms with Crippen LogP contribution in [0.15, 0.2) is 54.6 Å². The molecule has 378 valence electrons. The summed E-state index contributed by atoms with van der Waals surface area (Å²) in [6.07, 6.45) is -18.2. The third-order valence-corrected chi connectivity index (χ3v) is 13.2. The quantitative estimate of drug-likeness (QED) is 0.0847. The van der Waals surface area contributed by atoms with Crippen molar-refractivity contribution in [2.75, 3.05) is 27.9 Å². The molecule has 2 fully saturated rings. The van der Waals surface area contributed by atoms with E-state index in [4.69, 9.17) is 33.2 Å². The molecule has 71 heavy (non-hydrogen) atoms. The Hall–Kier alpha value is -6.73. The number of rotatable bonds is 11. The van der Waals surface area contributed by atoms with Crippen molar-refractivity contribution < 1.29 is 98.0 Å². The molecule has 0 bridgehead atoms. The fourth-order valence-electron chi connectivity index (χ4n) is 9.53. The molecule has 0 spiro atoms. The second kappa shape index (κ2) is 19.8. The molecule has 0 radical (unpaired) electrons. The number of nitrogens with one attached hydrogen (secondary N) is 1. The molecule has 0 unspecified atom stereocenters. The van der Waals surface area contributed by atoms with E-state index in [9.17, 15) is 64.8 Å². The largest absolute Gasteiger partial charge is 0.507 e. The number of aliphatic hydroxyl groups excluding tert-OH is 5. The first-order valence-electron chi connectivity index (χ1n) is 22.3. The van der Waals surface area contributed by atoms with E-state index in [0.29, 0.717) is 5.56 Å². The van der Waals surface area contributed by atoms with Crippen molar-refractivity contribution in [2.45, 2.75) is 101 Å². The highest BCUT2D eigenvalue weighted by Gasteiger charge is 2.53. The average molecular weight is 989 g/mol. The van der Waals surface area contributed by atoms with Gasteiger partial charge in [0.15, 0.2) is 24.1 Å². The summed E-state index contributed by atoms with van der Waals surface area (Å²) in [6, 6.07) is 10.9. The van der Waals surface area contributed by atoms with Crippen molar-refractivity contribution in [3.05, 3.63) is 105 Å². The zero-order chi connectivity index (χ0) is 51.5. The first kappa shape index (κ1) is 50.7. The summed E-state index contributed by atoms with van der Waals surface area (Å²) in [5, 5.41) is 94.2. The number of fused-ring (bicyclic) bond motifs is 5. The molecule has 8 rings (SSSR count). The number of ether oxygens (including phenoxy) is 7. The summed E-state index contributed by atoms with van der Waals surface area (Å²) in [7, 11) is 3.69. The predicted molar refractivity (Wildman–Crippen MR) is 240 cm³/mol. The number of hydrogen-bond acceptors (Lipinski definition) is 20. The van der Waals surface area contributed by atoms with Gasteiger partial charge in [-0.05, 0) is 55.2 Å². The van der Waals surface area contributed by atoms with Crippen LogP contribution in [0.1, 0.15) is 90.5 Å². The van der Waals surface area contributed by atoms with Gasteiger partial charge in [-0.1, -0.05) is 36.4 Å². The summed E-state index contributed by atoms with van der Waals surface area (Å²) in [5.74, 6) is -6.12. The highest BCUT2D eigenvalue weighted by Crippen LogP contribution is 2.57. The SMILES string of the molecule is COC(=O)[C@@H](C)NC(=O)c1c(C)cc2c(c1O)-c1c(cc3c(c1O)C(=O)c1cc(OC)cc(O)c1C3=O)[C@H](O)[C@H]2O[C@@H]1O[C@H](C)[C@H](N(C)C(=O)OCc2ccccc2)[C@H](O[C@@H]2OC[C@@H](O)[C@H](O)[C@H]2O)[C@H]1O. The number of carbonyl (C=O) groups is 5. The van der Waals surface area contributed by atoms with E-state index in [1.807, 2.05) is 0 Å². The lowest BCUT2D eigenvalue weighted by Gasteiger charge is -2.49. The molecule has 12 atom stereocenters. The van der Waals surface area contributed by atoms with Crippen molar-refractivity contribution in [1.29, 1.82) is 0 Å². The van der Waals surface area contributed by atoms with Gasteiger partial charge in [-0.3, -0.25) is 14.4 Å². The monoisotopic (exact) mass is 988 g/mol. The van der Waals surface area contributed by atoms with Crippen LogP contribution in [0.5, 0.6) is 23.0 Å². The molecule has 2 aliphatic carbocycles. The Morgan fingerprint density at radius 1 is 0.817 bits per heavy atom. The maximum Gasteiger partial charge on any atom is 0.410 e. The van der Waals surface area contributed by atoms with Gasteiger partial charge in [-0.25, -0.2) is 9.59 Å². The van der Waals surface area contributed by atoms with E-state index in [2.05, 4.69) is 5.32 Å². The molecule has 0 aromatic heterocycles. The smallest absolute Gasteiger partial charge is 0.410 e. The first-order valence-corrected chi connectivity index (χ1v) is 22.3. The average Bonchev–Trinajstić information content (AvgIpc) is 3.34. The van der Waals surface area contributed by atoms with Crippen molar-refractivity contribution in [1.82, 2.24) is 10.2 Å². The number of hydrogen-bond donors (Lipinski definition) is 9. The number of phenols is 3. The van der Waals surface area contributed by atoms with E-state index < -0.39 is 160 Å². The van der Waals surface area contributed by atoms with Gasteiger partial charge in [0.2, 0.25) is 0 Å². The van der Waals surface area contributed by atoms with Gasteiger partial charge < -0.3 is 84.2 Å². The molecule has 4 aliphatic rings. The van der Waals surface area contributed by atoms with Crippen LogP contribution in [-0.2, 0) is 39.8 Å². The van der Waals surface area contributed by atoms with Gasteiger partial charge in [0, 0.05) is 35.4 Å². The lowest BCUT2D eigenvalue weighted by Crippen LogP contribution is -2.66. The minimum Gasteiger partial charge on any atom is -0.507 e. The number of carbonyl (C=O) groups excluding carboxylic acids is 5. The molecule has 22 nitrogen and oxygen atoms in total. The molecule has 2 amide bonds. The van der Waals surface area contributed by atoms with E-state index in [1.165, 1.54) is 47.1 Å². The number of phenolic OH excluding ortho intramolecular Hbond substituents is 3. The Bertz CT molecular complexity index is 2780. The van der Waals surface area contributed by atoms with Gasteiger partial charge in [0.05, 0.1) is 49.7 Å². The van der Waals surface area contributed by atoms with Crippen LogP contribution in [0.25, 0.3) is 11.1 Å². The number of aliphatic hydroxyl groups is 5. The summed E-state index contributed by atoms with van der Waals surface area (Å²) < 4.78 is 39.8. The fraction of sp³-hybridized carbons (Fsp3) is 0.408. The lowest BCUT2D eigenvalue weighted by molar-refractivity contribution is -0.344. The van der Waals surface area contributed by atoms with Gasteiger partial charge in [0.25, 0.3) is 5.91 Å². The number of methoxy groups -OCH3 is 2. The molecule has 2 aliphatic heterocycles. The number of aryl methyl sites for hydroxylation is 1. The van der Waals surface area contributed by atoms with Crippen LogP contribution in [0, 0.1) is 6.92 Å². The maximum absolute atomic E-state index is 14.3. The number of aromatic hydroxyl groups is 3. The standard InChI is InChI=1S/C49H52N2O20/c1-18-12-26-32(39(58)29(18)45(62)50-19(2)46(63)66-6)31-24(15-25-33(40(31)59)36(55)23-13-22(65-5)14-27(52)30(23)35(25)54)37(56)43(26)70-48-42(61)44(71-47-41(60)38(57)28(53)17-67-47)34(20(3)69-48)51(4)49(64)68-16-21-10-8-7-9-11-21/h7-15,19-20,28,34,37-38,41-44,47-48,52-53,56-61H,16-17H2,1-6H3,(H,50,62)/t19-,20-,28-,34+,37+,38+,41-,42-,43+,44+,47+,48+/m1/s1. The van der Waals surface area contributed by atoms with Crippen LogP contribution < -0.4 is 10.1 Å². The number of likely N-dealkylation sites (N-methyl/N-ethyl adjacent to an activating group) is 1. The Labute approximate surface area is 404 Å². The van der Waals surface area contributed by atoms with E-state index in [0.717, 1.165) is 24.1 Å². The molecular formula is C49H52N2O20. The van der Waals surface area contributed by atoms with Crippen LogP contribution in [0.4, 0.5) is 4.79 Å². The van der Waals surface area contributed by atoms with Crippen molar-refractivity contribution in [3.63, 3.8) is 0 Å². The molecule has 9 N–H and O–H groups in total. The van der Waals surface area contributed by atoms with Gasteiger partial charge >= 0.3 is 12.1 Å². The normalized spacial score (nSPS) is 27.0. The molecule has 22 heteroatoms. The molecule has 4 aromatic carbocycles. The van der Waals surface area contributed by atoms with Gasteiger partial charge in [0.1, 0.15) is 78.4 Å². The Morgan fingerprint density at radius 3 is 2.15 bits per heavy atom. The minimum atomic E-state index is -2.00. The minimum absolute atomic E-state index is 0.00267. The third kappa shape index (κ3) is 8.91. The van der Waals surface area contributed by atoms with Gasteiger partial charge in [-0.15, -0.1) is 0 Å². The summed E-state index contributed by atoms with van der Waals surface area (Å²) in [5.41, 5.74) is -2.90. The summed E-state index contributed by atoms with van der Waals surface area (Å²) in [4.78, 5) is 69.4. The van der Waals surface area contributed by atoms with Crippen LogP contribution in [-0.4, -0.2) is 164 Å². The topological polar surface area (TPSA) is 327 Å². The van der Waals surface area contributed by atoms with Crippen LogP contribution in [0.3, 0.4) is 0 Å². The number of benzene rings is 4. The van der Waals surface area contributed by atoms with Crippen molar-refractivity contribution in [2.24, 2.45) is 0 Å². The fourth-order valence-corrected chi connectivity index (χ4v) is 9.53. The molecule has 2 heterocycles. The molecule has 2 saturated heterocycles. The summed E-state index contributed by atoms with van der Waals surface area (Å²) in [6.45, 7) is 3.55. The Balaban J connectivity index is 1.23. The number of amides is 2. The zero-order valence-corrected chi connectivity index (χ0v) is 39.0. The summed E-state index contributed by atoms with van der Waals surface area (Å²) >= 11 is 0. The van der Waals surface area contributed by atoms with Crippen molar-refractivity contribution in [3.8, 4) is 34.1 Å². The Morgan fingerprint density at radius 2 is 1.48 bits per heavy atom. The van der Waals surface area contributed by atoms with E-state index in [1.54, 1.807) is 30.3 Å². The maximum atomic E-state index is 14.3. The molecule has 4 aromatic rings. The number of esters is 1. The zero-order valence-electron chi connectivity index (χ0n) is 39.0. The van der Waals surface area contributed by atoms with Gasteiger partial charge in [-0.2, -0.15) is 0 Å². The number of ketones is 2. The highest BCUT2D eigenvalue weighted by atomic mass is 16.7. The predicted octanol–water partition coefficient (Wildman–Crippen LogP) is 1.53. The second-order valence-corrected chi connectivity index (χ2v) is 17.6. The first-order chi connectivity index (χ1) is 33.7. The lowest BCUT2D eigenvalue weighted by atomic mass is 9.74. The second-order valence-electron chi connectivity index (χ2n) is 17.6. The Kier molecular flexibility index (Phi) is 14.1. The highest BCUT2D eigenvalue weighted by molar-refractivity contribution is 6.31. The van der Waals surface area contributed by atoms with Crippen molar-refractivity contribution >= 4 is 29.5 Å².